The minimum atomic E-state index is -0.203. The summed E-state index contributed by atoms with van der Waals surface area (Å²) in [5.41, 5.74) is 3.29. The Labute approximate surface area is 186 Å². The standard InChI is InChI=1S/C26H33N3O2/c1-19(2)29(20(3)4)16-6-7-23-17-24(13-14-25(23)31-5)28-26(30)15-12-21-8-10-22(18-27)11-9-21/h8-15,17,19-20H,6-7,16H2,1-5H3,(H,28,30). The van der Waals surface area contributed by atoms with E-state index in [0.29, 0.717) is 17.6 Å². The number of rotatable bonds is 10. The summed E-state index contributed by atoms with van der Waals surface area (Å²) in [6.45, 7) is 9.91. The van der Waals surface area contributed by atoms with Crippen LogP contribution >= 0.6 is 0 Å². The third kappa shape index (κ3) is 7.58. The van der Waals surface area contributed by atoms with Crippen molar-refractivity contribution in [3.05, 3.63) is 65.2 Å². The fourth-order valence-corrected chi connectivity index (χ4v) is 3.64. The lowest BCUT2D eigenvalue weighted by Crippen LogP contribution is -2.37. The molecular formula is C26H33N3O2. The first-order chi connectivity index (χ1) is 14.8. The maximum absolute atomic E-state index is 12.3. The third-order valence-corrected chi connectivity index (χ3v) is 5.20. The lowest BCUT2D eigenvalue weighted by atomic mass is 10.1. The second kappa shape index (κ2) is 11.9. The number of aryl methyl sites for hydroxylation is 1. The zero-order valence-corrected chi connectivity index (χ0v) is 19.2. The molecule has 0 bridgehead atoms. The highest BCUT2D eigenvalue weighted by Crippen LogP contribution is 2.24. The van der Waals surface area contributed by atoms with E-state index in [9.17, 15) is 4.79 Å². The van der Waals surface area contributed by atoms with Crippen LogP contribution < -0.4 is 10.1 Å². The van der Waals surface area contributed by atoms with Gasteiger partial charge in [-0.2, -0.15) is 5.26 Å². The normalized spacial score (nSPS) is 11.3. The van der Waals surface area contributed by atoms with Gasteiger partial charge in [0, 0.05) is 23.8 Å². The van der Waals surface area contributed by atoms with Gasteiger partial charge < -0.3 is 10.1 Å². The predicted molar refractivity (Wildman–Crippen MR) is 127 cm³/mol. The first-order valence-corrected chi connectivity index (χ1v) is 10.8. The summed E-state index contributed by atoms with van der Waals surface area (Å²) >= 11 is 0. The van der Waals surface area contributed by atoms with Gasteiger partial charge in [0.05, 0.1) is 18.7 Å². The summed E-state index contributed by atoms with van der Waals surface area (Å²) < 4.78 is 5.52. The topological polar surface area (TPSA) is 65.4 Å². The molecule has 2 rings (SSSR count). The molecule has 0 aromatic heterocycles. The maximum atomic E-state index is 12.3. The average Bonchev–Trinajstić information content (AvgIpc) is 2.75. The Morgan fingerprint density at radius 3 is 2.39 bits per heavy atom. The number of nitrogens with one attached hydrogen (secondary N) is 1. The zero-order valence-electron chi connectivity index (χ0n) is 19.2. The fraction of sp³-hybridized carbons (Fsp3) is 0.385. The Balaban J connectivity index is 2.00. The smallest absolute Gasteiger partial charge is 0.248 e. The third-order valence-electron chi connectivity index (χ3n) is 5.20. The van der Waals surface area contributed by atoms with Crippen molar-refractivity contribution in [2.45, 2.75) is 52.6 Å². The van der Waals surface area contributed by atoms with Gasteiger partial charge in [-0.15, -0.1) is 0 Å². The largest absolute Gasteiger partial charge is 0.496 e. The SMILES string of the molecule is COc1ccc(NC(=O)C=Cc2ccc(C#N)cc2)cc1CCCN(C(C)C)C(C)C. The Kier molecular flexibility index (Phi) is 9.30. The van der Waals surface area contributed by atoms with E-state index in [2.05, 4.69) is 44.0 Å². The van der Waals surface area contributed by atoms with Crippen molar-refractivity contribution in [1.29, 1.82) is 5.26 Å². The minimum absolute atomic E-state index is 0.203. The number of hydrogen-bond donors (Lipinski definition) is 1. The van der Waals surface area contributed by atoms with Crippen molar-refractivity contribution in [2.24, 2.45) is 0 Å². The van der Waals surface area contributed by atoms with Gasteiger partial charge in [-0.1, -0.05) is 12.1 Å². The highest BCUT2D eigenvalue weighted by atomic mass is 16.5. The number of benzene rings is 2. The molecule has 1 N–H and O–H groups in total. The van der Waals surface area contributed by atoms with Crippen LogP contribution in [-0.4, -0.2) is 36.5 Å². The average molecular weight is 420 g/mol. The Bertz CT molecular complexity index is 917. The molecule has 2 aromatic rings. The van der Waals surface area contributed by atoms with Crippen LogP contribution in [0.5, 0.6) is 5.75 Å². The molecule has 1 amide bonds. The Morgan fingerprint density at radius 1 is 1.13 bits per heavy atom. The van der Waals surface area contributed by atoms with Gasteiger partial charge in [0.15, 0.2) is 0 Å². The predicted octanol–water partition coefficient (Wildman–Crippen LogP) is 5.27. The van der Waals surface area contributed by atoms with Crippen LogP contribution in [0.4, 0.5) is 5.69 Å². The van der Waals surface area contributed by atoms with Gasteiger partial charge in [0.1, 0.15) is 5.75 Å². The highest BCUT2D eigenvalue weighted by Gasteiger charge is 2.13. The molecular weight excluding hydrogens is 386 g/mol. The molecule has 0 atom stereocenters. The molecule has 0 aliphatic rings. The van der Waals surface area contributed by atoms with E-state index >= 15 is 0 Å². The molecule has 0 saturated carbocycles. The first-order valence-electron chi connectivity index (χ1n) is 10.8. The number of ether oxygens (including phenoxy) is 1. The summed E-state index contributed by atoms with van der Waals surface area (Å²) in [7, 11) is 1.67. The molecule has 2 aromatic carbocycles. The molecule has 0 heterocycles. The van der Waals surface area contributed by atoms with Crippen LogP contribution in [-0.2, 0) is 11.2 Å². The molecule has 0 unspecified atom stereocenters. The van der Waals surface area contributed by atoms with Crippen LogP contribution in [0, 0.1) is 11.3 Å². The van der Waals surface area contributed by atoms with Gasteiger partial charge in [-0.05, 0) is 94.6 Å². The molecule has 5 heteroatoms. The maximum Gasteiger partial charge on any atom is 0.248 e. The zero-order chi connectivity index (χ0) is 22.8. The molecule has 0 aliphatic carbocycles. The number of amides is 1. The van der Waals surface area contributed by atoms with Gasteiger partial charge in [-0.3, -0.25) is 9.69 Å². The number of anilines is 1. The Morgan fingerprint density at radius 2 is 1.81 bits per heavy atom. The van der Waals surface area contributed by atoms with E-state index in [-0.39, 0.29) is 5.91 Å². The second-order valence-electron chi connectivity index (χ2n) is 8.11. The minimum Gasteiger partial charge on any atom is -0.496 e. The van der Waals surface area contributed by atoms with Crippen molar-refractivity contribution < 1.29 is 9.53 Å². The molecule has 0 aliphatic heterocycles. The van der Waals surface area contributed by atoms with Gasteiger partial charge in [0.25, 0.3) is 0 Å². The van der Waals surface area contributed by atoms with Crippen LogP contribution in [0.2, 0.25) is 0 Å². The van der Waals surface area contributed by atoms with Crippen molar-refractivity contribution in [3.63, 3.8) is 0 Å². The molecule has 0 fully saturated rings. The van der Waals surface area contributed by atoms with Crippen molar-refractivity contribution in [2.75, 3.05) is 19.0 Å². The first kappa shape index (κ1) is 24.2. The van der Waals surface area contributed by atoms with Crippen molar-refractivity contribution in [3.8, 4) is 11.8 Å². The van der Waals surface area contributed by atoms with Crippen molar-refractivity contribution >= 4 is 17.7 Å². The molecule has 0 spiro atoms. The van der Waals surface area contributed by atoms with Crippen molar-refractivity contribution in [1.82, 2.24) is 4.90 Å². The monoisotopic (exact) mass is 419 g/mol. The summed E-state index contributed by atoms with van der Waals surface area (Å²) in [5, 5.41) is 11.8. The molecule has 5 nitrogen and oxygen atoms in total. The molecule has 0 saturated heterocycles. The summed E-state index contributed by atoms with van der Waals surface area (Å²) in [4.78, 5) is 14.8. The fourth-order valence-electron chi connectivity index (χ4n) is 3.64. The number of carbonyl (C=O) groups excluding carboxylic acids is 1. The van der Waals surface area contributed by atoms with E-state index in [1.807, 2.05) is 30.3 Å². The highest BCUT2D eigenvalue weighted by molar-refractivity contribution is 6.02. The van der Waals surface area contributed by atoms with E-state index in [1.54, 1.807) is 25.3 Å². The number of carbonyl (C=O) groups is 1. The van der Waals surface area contributed by atoms with E-state index in [1.165, 1.54) is 6.08 Å². The van der Waals surface area contributed by atoms with Crippen LogP contribution in [0.15, 0.2) is 48.5 Å². The quantitative estimate of drug-likeness (QED) is 0.533. The van der Waals surface area contributed by atoms with Gasteiger partial charge in [-0.25, -0.2) is 0 Å². The Hall–Kier alpha value is -3.10. The summed E-state index contributed by atoms with van der Waals surface area (Å²) in [6, 6.07) is 15.9. The molecule has 0 radical (unpaired) electrons. The lowest BCUT2D eigenvalue weighted by molar-refractivity contribution is -0.111. The second-order valence-corrected chi connectivity index (χ2v) is 8.11. The number of nitrogens with zero attached hydrogens (tertiary/aromatic N) is 2. The molecule has 164 valence electrons. The van der Waals surface area contributed by atoms with Crippen LogP contribution in [0.1, 0.15) is 50.8 Å². The van der Waals surface area contributed by atoms with Crippen LogP contribution in [0.25, 0.3) is 6.08 Å². The van der Waals surface area contributed by atoms with Gasteiger partial charge >= 0.3 is 0 Å². The van der Waals surface area contributed by atoms with E-state index < -0.39 is 0 Å². The number of methoxy groups -OCH3 is 1. The van der Waals surface area contributed by atoms with E-state index in [0.717, 1.165) is 42.0 Å². The summed E-state index contributed by atoms with van der Waals surface area (Å²) in [6.07, 6.45) is 5.12. The molecule has 31 heavy (non-hydrogen) atoms. The van der Waals surface area contributed by atoms with Crippen LogP contribution in [0.3, 0.4) is 0 Å². The number of nitriles is 1. The number of hydrogen-bond acceptors (Lipinski definition) is 4. The lowest BCUT2D eigenvalue weighted by Gasteiger charge is -2.30. The summed E-state index contributed by atoms with van der Waals surface area (Å²) in [5.74, 6) is 0.637. The van der Waals surface area contributed by atoms with E-state index in [4.69, 9.17) is 10.00 Å². The van der Waals surface area contributed by atoms with Gasteiger partial charge in [0.2, 0.25) is 5.91 Å².